The van der Waals surface area contributed by atoms with Gasteiger partial charge < -0.3 is 15.2 Å². The second-order valence-electron chi connectivity index (χ2n) is 7.52. The minimum absolute atomic E-state index is 0.0990. The first-order valence-corrected chi connectivity index (χ1v) is 10.9. The van der Waals surface area contributed by atoms with E-state index in [1.807, 2.05) is 56.7 Å². The lowest BCUT2D eigenvalue weighted by molar-refractivity contribution is -0.113. The molecular formula is C22H26N6O2S. The molecule has 2 amide bonds. The van der Waals surface area contributed by atoms with E-state index in [0.29, 0.717) is 22.4 Å². The highest BCUT2D eigenvalue weighted by Crippen LogP contribution is 2.24. The highest BCUT2D eigenvalue weighted by molar-refractivity contribution is 7.99. The fourth-order valence-electron chi connectivity index (χ4n) is 3.01. The molecule has 0 spiro atoms. The van der Waals surface area contributed by atoms with Gasteiger partial charge in [-0.05, 0) is 37.1 Å². The van der Waals surface area contributed by atoms with Crippen LogP contribution >= 0.6 is 11.8 Å². The first-order chi connectivity index (χ1) is 14.8. The van der Waals surface area contributed by atoms with Gasteiger partial charge in [0.05, 0.1) is 11.8 Å². The third-order valence-electron chi connectivity index (χ3n) is 4.65. The third-order valence-corrected chi connectivity index (χ3v) is 5.67. The Kier molecular flexibility index (Phi) is 7.41. The van der Waals surface area contributed by atoms with Crippen molar-refractivity contribution in [1.29, 1.82) is 0 Å². The van der Waals surface area contributed by atoms with Crippen LogP contribution in [0.4, 0.5) is 5.82 Å². The number of pyridine rings is 1. The number of carbonyl (C=O) groups is 2. The van der Waals surface area contributed by atoms with E-state index in [0.717, 1.165) is 5.56 Å². The van der Waals surface area contributed by atoms with Crippen LogP contribution in [0.15, 0.2) is 53.8 Å². The van der Waals surface area contributed by atoms with Crippen molar-refractivity contribution in [2.45, 2.75) is 32.0 Å². The van der Waals surface area contributed by atoms with Crippen LogP contribution in [0.5, 0.6) is 0 Å². The largest absolute Gasteiger partial charge is 0.342 e. The van der Waals surface area contributed by atoms with E-state index in [4.69, 9.17) is 0 Å². The van der Waals surface area contributed by atoms with Crippen LogP contribution in [0.3, 0.4) is 0 Å². The summed E-state index contributed by atoms with van der Waals surface area (Å²) < 4.78 is 1.82. The monoisotopic (exact) mass is 438 g/mol. The molecule has 2 aromatic heterocycles. The summed E-state index contributed by atoms with van der Waals surface area (Å²) in [5, 5.41) is 14.9. The molecular weight excluding hydrogens is 412 g/mol. The number of amides is 2. The lowest BCUT2D eigenvalue weighted by Crippen LogP contribution is -2.33. The lowest BCUT2D eigenvalue weighted by Gasteiger charge is -2.21. The van der Waals surface area contributed by atoms with Crippen molar-refractivity contribution in [2.24, 2.45) is 13.0 Å². The molecule has 9 heteroatoms. The predicted molar refractivity (Wildman–Crippen MR) is 121 cm³/mol. The molecule has 0 saturated carbocycles. The number of rotatable bonds is 8. The summed E-state index contributed by atoms with van der Waals surface area (Å²) >= 11 is 1.28. The van der Waals surface area contributed by atoms with Gasteiger partial charge in [0.1, 0.15) is 5.82 Å². The SMILES string of the molecule is Cc1cccc(C(=O)N[C@@H](c2nnc(SCC(=O)Nc3ccccn3)n2C)C(C)C)c1. The molecule has 1 atom stereocenters. The first kappa shape index (κ1) is 22.5. The van der Waals surface area contributed by atoms with Gasteiger partial charge in [-0.15, -0.1) is 10.2 Å². The number of anilines is 1. The van der Waals surface area contributed by atoms with Crippen molar-refractivity contribution < 1.29 is 9.59 Å². The number of hydrogen-bond donors (Lipinski definition) is 2. The van der Waals surface area contributed by atoms with Crippen LogP contribution in [0.1, 0.15) is 41.6 Å². The van der Waals surface area contributed by atoms with Crippen LogP contribution in [-0.4, -0.2) is 37.3 Å². The van der Waals surface area contributed by atoms with Crippen molar-refractivity contribution in [3.63, 3.8) is 0 Å². The minimum Gasteiger partial charge on any atom is -0.342 e. The standard InChI is InChI=1S/C22H26N6O2S/c1-14(2)19(25-21(30)16-9-7-8-15(3)12-16)20-26-27-22(28(20)4)31-13-18(29)24-17-10-5-6-11-23-17/h5-12,14,19H,13H2,1-4H3,(H,25,30)(H,23,24,29)/t19-/m1/s1. The van der Waals surface area contributed by atoms with E-state index < -0.39 is 0 Å². The number of hydrogen-bond acceptors (Lipinski definition) is 6. The normalized spacial score (nSPS) is 11.9. The quantitative estimate of drug-likeness (QED) is 0.523. The Morgan fingerprint density at radius 3 is 2.61 bits per heavy atom. The number of nitrogens with one attached hydrogen (secondary N) is 2. The number of thioether (sulfide) groups is 1. The molecule has 0 radical (unpaired) electrons. The summed E-state index contributed by atoms with van der Waals surface area (Å²) in [4.78, 5) is 29.0. The Morgan fingerprint density at radius 1 is 1.13 bits per heavy atom. The fraction of sp³-hybridized carbons (Fsp3) is 0.318. The topological polar surface area (TPSA) is 102 Å². The van der Waals surface area contributed by atoms with Gasteiger partial charge in [0.2, 0.25) is 5.91 Å². The van der Waals surface area contributed by atoms with Crippen LogP contribution in [-0.2, 0) is 11.8 Å². The van der Waals surface area contributed by atoms with Crippen molar-refractivity contribution in [1.82, 2.24) is 25.1 Å². The summed E-state index contributed by atoms with van der Waals surface area (Å²) in [6, 6.07) is 12.5. The molecule has 2 N–H and O–H groups in total. The number of aryl methyl sites for hydroxylation is 1. The lowest BCUT2D eigenvalue weighted by atomic mass is 10.0. The maximum atomic E-state index is 12.8. The Morgan fingerprint density at radius 2 is 1.94 bits per heavy atom. The second-order valence-corrected chi connectivity index (χ2v) is 8.46. The van der Waals surface area contributed by atoms with Gasteiger partial charge in [-0.3, -0.25) is 9.59 Å². The van der Waals surface area contributed by atoms with Crippen molar-refractivity contribution in [3.05, 3.63) is 65.6 Å². The summed E-state index contributed by atoms with van der Waals surface area (Å²) in [5.74, 6) is 1.08. The van der Waals surface area contributed by atoms with Crippen molar-refractivity contribution in [3.8, 4) is 0 Å². The van der Waals surface area contributed by atoms with Crippen LogP contribution in [0, 0.1) is 12.8 Å². The Bertz CT molecular complexity index is 1050. The highest BCUT2D eigenvalue weighted by Gasteiger charge is 2.25. The van der Waals surface area contributed by atoms with Gasteiger partial charge in [-0.25, -0.2) is 4.98 Å². The molecule has 0 aliphatic carbocycles. The van der Waals surface area contributed by atoms with Crippen LogP contribution in [0.25, 0.3) is 0 Å². The summed E-state index contributed by atoms with van der Waals surface area (Å²) in [5.41, 5.74) is 1.63. The van der Waals surface area contributed by atoms with Gasteiger partial charge in [-0.1, -0.05) is 49.4 Å². The average molecular weight is 439 g/mol. The Hall–Kier alpha value is -3.20. The number of aromatic nitrogens is 4. The molecule has 0 bridgehead atoms. The molecule has 162 valence electrons. The van der Waals surface area contributed by atoms with Gasteiger partial charge in [0.15, 0.2) is 11.0 Å². The molecule has 0 saturated heterocycles. The Labute approximate surface area is 185 Å². The maximum Gasteiger partial charge on any atom is 0.251 e. The average Bonchev–Trinajstić information content (AvgIpc) is 3.11. The first-order valence-electron chi connectivity index (χ1n) is 9.95. The van der Waals surface area contributed by atoms with E-state index in [-0.39, 0.29) is 29.5 Å². The smallest absolute Gasteiger partial charge is 0.251 e. The second kappa shape index (κ2) is 10.2. The molecule has 3 aromatic rings. The minimum atomic E-state index is -0.317. The fourth-order valence-corrected chi connectivity index (χ4v) is 3.73. The molecule has 0 unspecified atom stereocenters. The molecule has 31 heavy (non-hydrogen) atoms. The zero-order valence-electron chi connectivity index (χ0n) is 18.0. The van der Waals surface area contributed by atoms with E-state index in [9.17, 15) is 9.59 Å². The molecule has 0 fully saturated rings. The maximum absolute atomic E-state index is 12.8. The van der Waals surface area contributed by atoms with E-state index in [1.165, 1.54) is 11.8 Å². The van der Waals surface area contributed by atoms with E-state index >= 15 is 0 Å². The molecule has 3 rings (SSSR count). The predicted octanol–water partition coefficient (Wildman–Crippen LogP) is 3.38. The molecule has 0 aliphatic rings. The molecule has 2 heterocycles. The van der Waals surface area contributed by atoms with Gasteiger partial charge in [0.25, 0.3) is 5.91 Å². The highest BCUT2D eigenvalue weighted by atomic mass is 32.2. The van der Waals surface area contributed by atoms with Crippen LogP contribution in [0.2, 0.25) is 0 Å². The summed E-state index contributed by atoms with van der Waals surface area (Å²) in [6.07, 6.45) is 1.62. The molecule has 8 nitrogen and oxygen atoms in total. The van der Waals surface area contributed by atoms with Crippen LogP contribution < -0.4 is 10.6 Å². The number of carbonyl (C=O) groups excluding carboxylic acids is 2. The zero-order valence-corrected chi connectivity index (χ0v) is 18.8. The molecule has 1 aromatic carbocycles. The van der Waals surface area contributed by atoms with Gasteiger partial charge in [0, 0.05) is 18.8 Å². The van der Waals surface area contributed by atoms with Gasteiger partial charge in [-0.2, -0.15) is 0 Å². The van der Waals surface area contributed by atoms with E-state index in [1.54, 1.807) is 24.4 Å². The van der Waals surface area contributed by atoms with E-state index in [2.05, 4.69) is 25.8 Å². The van der Waals surface area contributed by atoms with Crippen molar-refractivity contribution in [2.75, 3.05) is 11.1 Å². The third kappa shape index (κ3) is 5.91. The Balaban J connectivity index is 1.67. The zero-order chi connectivity index (χ0) is 22.4. The summed E-state index contributed by atoms with van der Waals surface area (Å²) in [7, 11) is 1.84. The number of benzene rings is 1. The number of nitrogens with zero attached hydrogens (tertiary/aromatic N) is 4. The van der Waals surface area contributed by atoms with Gasteiger partial charge >= 0.3 is 0 Å². The molecule has 0 aliphatic heterocycles. The van der Waals surface area contributed by atoms with Crippen molar-refractivity contribution >= 4 is 29.4 Å². The summed E-state index contributed by atoms with van der Waals surface area (Å²) in [6.45, 7) is 5.98.